The summed E-state index contributed by atoms with van der Waals surface area (Å²) in [5.74, 6) is -0.383. The number of aromatic carboxylic acids is 1. The van der Waals surface area contributed by atoms with Gasteiger partial charge in [-0.15, -0.1) is 0 Å². The number of carboxylic acid groups (broad SMARTS) is 1. The summed E-state index contributed by atoms with van der Waals surface area (Å²) < 4.78 is 2.17. The molecule has 0 saturated carbocycles. The molecule has 0 radical (unpaired) electrons. The van der Waals surface area contributed by atoms with Gasteiger partial charge in [-0.2, -0.15) is 0 Å². The number of carbonyl (C=O) groups excluding carboxylic acids is 1. The van der Waals surface area contributed by atoms with E-state index in [-0.39, 0.29) is 23.1 Å². The first-order chi connectivity index (χ1) is 16.4. The van der Waals surface area contributed by atoms with Crippen LogP contribution in [0.2, 0.25) is 0 Å². The highest BCUT2D eigenvalue weighted by molar-refractivity contribution is 6.05. The number of hydrogen-bond acceptors (Lipinski definition) is 4. The van der Waals surface area contributed by atoms with Crippen LogP contribution in [-0.4, -0.2) is 49.0 Å². The molecule has 7 heteroatoms. The predicted molar refractivity (Wildman–Crippen MR) is 130 cm³/mol. The van der Waals surface area contributed by atoms with E-state index in [2.05, 4.69) is 30.6 Å². The first-order valence-corrected chi connectivity index (χ1v) is 11.4. The van der Waals surface area contributed by atoms with E-state index in [9.17, 15) is 14.7 Å². The Morgan fingerprint density at radius 2 is 1.91 bits per heavy atom. The van der Waals surface area contributed by atoms with Gasteiger partial charge in [0.05, 0.1) is 23.7 Å². The molecule has 1 N–H and O–H groups in total. The molecule has 2 aromatic heterocycles. The minimum absolute atomic E-state index is 0.0223. The van der Waals surface area contributed by atoms with Gasteiger partial charge in [-0.3, -0.25) is 4.79 Å². The number of benzene rings is 1. The average molecular weight is 455 g/mol. The average Bonchev–Trinajstić information content (AvgIpc) is 3.40. The van der Waals surface area contributed by atoms with Crippen molar-refractivity contribution in [3.8, 4) is 0 Å². The number of pyridine rings is 1. The second-order valence-corrected chi connectivity index (χ2v) is 8.76. The summed E-state index contributed by atoms with van der Waals surface area (Å²) in [4.78, 5) is 36.1. The van der Waals surface area contributed by atoms with Crippen molar-refractivity contribution in [1.82, 2.24) is 19.4 Å². The summed E-state index contributed by atoms with van der Waals surface area (Å²) in [6.45, 7) is 7.24. The lowest BCUT2D eigenvalue weighted by atomic mass is 9.97. The maximum absolute atomic E-state index is 13.2. The zero-order chi connectivity index (χ0) is 24.0. The number of hydrogen-bond donors (Lipinski definition) is 1. The van der Waals surface area contributed by atoms with Gasteiger partial charge >= 0.3 is 5.97 Å². The number of carbonyl (C=O) groups is 2. The van der Waals surface area contributed by atoms with E-state index in [1.54, 1.807) is 23.1 Å². The molecule has 1 atom stereocenters. The van der Waals surface area contributed by atoms with Crippen LogP contribution in [0.5, 0.6) is 0 Å². The number of allylic oxidation sites excluding steroid dienone is 2. The van der Waals surface area contributed by atoms with Crippen LogP contribution in [0.15, 0.2) is 65.8 Å². The normalized spacial score (nSPS) is 17.0. The maximum atomic E-state index is 13.2. The quantitative estimate of drug-likeness (QED) is 0.623. The Bertz CT molecular complexity index is 1430. The van der Waals surface area contributed by atoms with E-state index in [0.29, 0.717) is 13.1 Å². The Morgan fingerprint density at radius 3 is 2.65 bits per heavy atom. The second kappa shape index (κ2) is 8.41. The van der Waals surface area contributed by atoms with E-state index in [1.165, 1.54) is 6.07 Å². The zero-order valence-corrected chi connectivity index (χ0v) is 19.4. The lowest BCUT2D eigenvalue weighted by molar-refractivity contribution is 0.0677. The van der Waals surface area contributed by atoms with Crippen LogP contribution in [-0.2, 0) is 13.0 Å². The highest BCUT2D eigenvalue weighted by atomic mass is 16.4. The molecule has 1 aromatic carbocycles. The van der Waals surface area contributed by atoms with Crippen LogP contribution >= 0.6 is 0 Å². The lowest BCUT2D eigenvalue weighted by Gasteiger charge is -2.27. The number of amides is 1. The van der Waals surface area contributed by atoms with Gasteiger partial charge in [-0.25, -0.2) is 14.8 Å². The first kappa shape index (κ1) is 21.8. The van der Waals surface area contributed by atoms with Crippen molar-refractivity contribution in [2.24, 2.45) is 0 Å². The Morgan fingerprint density at radius 1 is 1.15 bits per heavy atom. The smallest absolute Gasteiger partial charge is 0.336 e. The fourth-order valence-electron chi connectivity index (χ4n) is 4.84. The standard InChI is InChI=1S/C27H26N4O3/c1-4-23-29-24-16(2)13-17(3)28-25(24)31(23)15-18-9-10-22-19(14-18)11-12-30(22)26(32)20-7-5-6-8-21(20)27(33)34/h5-11,13-14,22H,4,12,15H2,1-3H3,(H,33,34). The Hall–Kier alpha value is -4.00. The van der Waals surface area contributed by atoms with E-state index >= 15 is 0 Å². The molecule has 1 unspecified atom stereocenters. The number of fused-ring (bicyclic) bond motifs is 2. The molecule has 3 aromatic rings. The van der Waals surface area contributed by atoms with Crippen LogP contribution in [0.1, 0.15) is 44.7 Å². The Balaban J connectivity index is 1.41. The molecular formula is C27H26N4O3. The van der Waals surface area contributed by atoms with Gasteiger partial charge < -0.3 is 14.6 Å². The third-order valence-electron chi connectivity index (χ3n) is 6.45. The van der Waals surface area contributed by atoms with Crippen LogP contribution < -0.4 is 0 Å². The van der Waals surface area contributed by atoms with E-state index in [1.807, 2.05) is 25.2 Å². The molecule has 172 valence electrons. The molecule has 1 aliphatic heterocycles. The van der Waals surface area contributed by atoms with Gasteiger partial charge in [0.15, 0.2) is 5.65 Å². The van der Waals surface area contributed by atoms with Crippen molar-refractivity contribution in [3.63, 3.8) is 0 Å². The number of aryl methyl sites for hydroxylation is 3. The predicted octanol–water partition coefficient (Wildman–Crippen LogP) is 4.26. The summed E-state index contributed by atoms with van der Waals surface area (Å²) in [5, 5.41) is 9.48. The fourth-order valence-corrected chi connectivity index (χ4v) is 4.84. The van der Waals surface area contributed by atoms with Crippen LogP contribution in [0.25, 0.3) is 11.2 Å². The van der Waals surface area contributed by atoms with E-state index < -0.39 is 5.97 Å². The molecule has 34 heavy (non-hydrogen) atoms. The summed E-state index contributed by atoms with van der Waals surface area (Å²) >= 11 is 0. The van der Waals surface area contributed by atoms with Gasteiger partial charge in [-0.05, 0) is 48.8 Å². The molecule has 2 aliphatic rings. The van der Waals surface area contributed by atoms with Gasteiger partial charge in [0.1, 0.15) is 11.3 Å². The maximum Gasteiger partial charge on any atom is 0.336 e. The molecule has 0 saturated heterocycles. The van der Waals surface area contributed by atoms with Crippen LogP contribution in [0, 0.1) is 13.8 Å². The molecule has 0 fully saturated rings. The lowest BCUT2D eigenvalue weighted by Crippen LogP contribution is -2.37. The van der Waals surface area contributed by atoms with E-state index in [0.717, 1.165) is 45.8 Å². The highest BCUT2D eigenvalue weighted by Gasteiger charge is 2.32. The van der Waals surface area contributed by atoms with Crippen molar-refractivity contribution in [2.75, 3.05) is 6.54 Å². The van der Waals surface area contributed by atoms with Gasteiger partial charge in [-0.1, -0.05) is 43.4 Å². The molecule has 0 bridgehead atoms. The largest absolute Gasteiger partial charge is 0.478 e. The molecule has 1 aliphatic carbocycles. The molecule has 5 rings (SSSR count). The van der Waals surface area contributed by atoms with Crippen molar-refractivity contribution in [1.29, 1.82) is 0 Å². The third kappa shape index (κ3) is 3.63. The minimum Gasteiger partial charge on any atom is -0.478 e. The van der Waals surface area contributed by atoms with Crippen LogP contribution in [0.4, 0.5) is 0 Å². The first-order valence-electron chi connectivity index (χ1n) is 11.4. The molecule has 1 amide bonds. The molecule has 0 spiro atoms. The van der Waals surface area contributed by atoms with Gasteiger partial charge in [0.2, 0.25) is 0 Å². The number of carboxylic acids is 1. The topological polar surface area (TPSA) is 88.3 Å². The molecule has 7 nitrogen and oxygen atoms in total. The van der Waals surface area contributed by atoms with E-state index in [4.69, 9.17) is 9.97 Å². The third-order valence-corrected chi connectivity index (χ3v) is 6.45. The number of nitrogens with zero attached hydrogens (tertiary/aromatic N) is 4. The summed E-state index contributed by atoms with van der Waals surface area (Å²) in [6.07, 6.45) is 9.03. The summed E-state index contributed by atoms with van der Waals surface area (Å²) in [5.41, 5.74) is 6.31. The van der Waals surface area contributed by atoms with Crippen molar-refractivity contribution in [2.45, 2.75) is 39.8 Å². The molecular weight excluding hydrogens is 428 g/mol. The monoisotopic (exact) mass is 454 g/mol. The van der Waals surface area contributed by atoms with Crippen molar-refractivity contribution < 1.29 is 14.7 Å². The second-order valence-electron chi connectivity index (χ2n) is 8.76. The van der Waals surface area contributed by atoms with Gasteiger partial charge in [0.25, 0.3) is 5.91 Å². The molecule has 3 heterocycles. The van der Waals surface area contributed by atoms with Crippen molar-refractivity contribution in [3.05, 3.63) is 94.0 Å². The minimum atomic E-state index is -1.10. The fraction of sp³-hybridized carbons (Fsp3) is 0.259. The number of imidazole rings is 1. The SMILES string of the molecule is CCc1nc2c(C)cc(C)nc2n1CC1=CC2=CCN(C(=O)c3ccccc3C(=O)O)C2C=C1. The number of aromatic nitrogens is 3. The Kier molecular flexibility index (Phi) is 5.40. The summed E-state index contributed by atoms with van der Waals surface area (Å²) in [7, 11) is 0. The Labute approximate surface area is 197 Å². The van der Waals surface area contributed by atoms with Gasteiger partial charge in [0, 0.05) is 18.7 Å². The summed E-state index contributed by atoms with van der Waals surface area (Å²) in [6, 6.07) is 8.22. The zero-order valence-electron chi connectivity index (χ0n) is 19.4. The van der Waals surface area contributed by atoms with Crippen molar-refractivity contribution >= 4 is 23.0 Å². The number of rotatable bonds is 5. The highest BCUT2D eigenvalue weighted by Crippen LogP contribution is 2.30. The van der Waals surface area contributed by atoms with Crippen LogP contribution in [0.3, 0.4) is 0 Å².